The standard InChI is InChI=1S/C15H26O2S/c1-15(10-6-2-3-7-11-18(15)16)13-17-12-14-8-4-5-9-14/h12H,2-11,13H2,1H3. The van der Waals surface area contributed by atoms with Crippen molar-refractivity contribution in [3.63, 3.8) is 0 Å². The Kier molecular flexibility index (Phi) is 5.28. The van der Waals surface area contributed by atoms with Gasteiger partial charge in [-0.25, -0.2) is 0 Å². The molecule has 0 aromatic heterocycles. The van der Waals surface area contributed by atoms with E-state index in [1.807, 2.05) is 6.26 Å². The van der Waals surface area contributed by atoms with Crippen LogP contribution in [0.4, 0.5) is 0 Å². The highest BCUT2D eigenvalue weighted by Crippen LogP contribution is 2.28. The third-order valence-electron chi connectivity index (χ3n) is 4.22. The predicted molar refractivity (Wildman–Crippen MR) is 77.0 cm³/mol. The van der Waals surface area contributed by atoms with Crippen LogP contribution in [-0.2, 0) is 15.5 Å². The van der Waals surface area contributed by atoms with Crippen LogP contribution in [-0.4, -0.2) is 21.3 Å². The van der Waals surface area contributed by atoms with Crippen LogP contribution < -0.4 is 0 Å². The van der Waals surface area contributed by atoms with E-state index < -0.39 is 10.8 Å². The molecule has 1 aliphatic carbocycles. The zero-order chi connectivity index (χ0) is 12.8. The van der Waals surface area contributed by atoms with Crippen molar-refractivity contribution < 1.29 is 8.95 Å². The van der Waals surface area contributed by atoms with Crippen LogP contribution in [0.25, 0.3) is 0 Å². The van der Waals surface area contributed by atoms with Crippen LogP contribution >= 0.6 is 0 Å². The van der Waals surface area contributed by atoms with Crippen LogP contribution in [0.15, 0.2) is 11.8 Å². The van der Waals surface area contributed by atoms with Gasteiger partial charge in [0.05, 0.1) is 11.0 Å². The zero-order valence-corrected chi connectivity index (χ0v) is 12.4. The van der Waals surface area contributed by atoms with E-state index in [2.05, 4.69) is 6.92 Å². The van der Waals surface area contributed by atoms with Crippen molar-refractivity contribution in [2.75, 3.05) is 12.4 Å². The maximum Gasteiger partial charge on any atom is 0.104 e. The molecule has 0 spiro atoms. The first-order chi connectivity index (χ1) is 8.71. The van der Waals surface area contributed by atoms with E-state index in [1.165, 1.54) is 50.5 Å². The summed E-state index contributed by atoms with van der Waals surface area (Å²) in [5.74, 6) is 0.858. The van der Waals surface area contributed by atoms with Gasteiger partial charge >= 0.3 is 0 Å². The Bertz CT molecular complexity index is 316. The van der Waals surface area contributed by atoms with E-state index in [0.29, 0.717) is 6.61 Å². The Labute approximate surface area is 114 Å². The Morgan fingerprint density at radius 1 is 1.17 bits per heavy atom. The van der Waals surface area contributed by atoms with Crippen molar-refractivity contribution in [1.29, 1.82) is 0 Å². The molecule has 0 bridgehead atoms. The van der Waals surface area contributed by atoms with Crippen molar-refractivity contribution >= 4 is 10.8 Å². The monoisotopic (exact) mass is 270 g/mol. The molecule has 2 fully saturated rings. The van der Waals surface area contributed by atoms with Crippen molar-refractivity contribution in [3.8, 4) is 0 Å². The summed E-state index contributed by atoms with van der Waals surface area (Å²) in [6.45, 7) is 2.77. The lowest BCUT2D eigenvalue weighted by Crippen LogP contribution is -2.37. The highest BCUT2D eigenvalue weighted by molar-refractivity contribution is 7.86. The predicted octanol–water partition coefficient (Wildman–Crippen LogP) is 3.93. The van der Waals surface area contributed by atoms with Gasteiger partial charge in [-0.05, 0) is 51.0 Å². The summed E-state index contributed by atoms with van der Waals surface area (Å²) in [5.41, 5.74) is 1.44. The minimum absolute atomic E-state index is 0.129. The van der Waals surface area contributed by atoms with Crippen LogP contribution in [0.2, 0.25) is 0 Å². The first kappa shape index (κ1) is 14.1. The molecule has 0 radical (unpaired) electrons. The maximum absolute atomic E-state index is 12.3. The van der Waals surface area contributed by atoms with Crippen molar-refractivity contribution in [2.24, 2.45) is 0 Å². The van der Waals surface area contributed by atoms with Gasteiger partial charge in [0.25, 0.3) is 0 Å². The zero-order valence-electron chi connectivity index (χ0n) is 11.6. The maximum atomic E-state index is 12.3. The Hall–Kier alpha value is -0.310. The number of hydrogen-bond donors (Lipinski definition) is 0. The van der Waals surface area contributed by atoms with E-state index in [1.54, 1.807) is 0 Å². The van der Waals surface area contributed by atoms with Gasteiger partial charge in [-0.3, -0.25) is 4.21 Å². The van der Waals surface area contributed by atoms with Crippen molar-refractivity contribution in [2.45, 2.75) is 69.5 Å². The second-order valence-electron chi connectivity index (χ2n) is 5.96. The van der Waals surface area contributed by atoms with E-state index >= 15 is 0 Å². The summed E-state index contributed by atoms with van der Waals surface area (Å²) in [6.07, 6.45) is 12.8. The normalized spacial score (nSPS) is 33.8. The van der Waals surface area contributed by atoms with Crippen molar-refractivity contribution in [3.05, 3.63) is 11.8 Å². The topological polar surface area (TPSA) is 26.3 Å². The molecule has 1 saturated carbocycles. The SMILES string of the molecule is CC1(COC=C2CCCC2)CCCCCCS1=O. The molecule has 2 aliphatic rings. The van der Waals surface area contributed by atoms with Gasteiger partial charge in [0.15, 0.2) is 0 Å². The van der Waals surface area contributed by atoms with Gasteiger partial charge < -0.3 is 4.74 Å². The molecule has 2 rings (SSSR count). The third-order valence-corrected chi connectivity index (χ3v) is 6.30. The van der Waals surface area contributed by atoms with E-state index in [0.717, 1.165) is 18.6 Å². The van der Waals surface area contributed by atoms with Gasteiger partial charge in [-0.2, -0.15) is 0 Å². The number of hydrogen-bond acceptors (Lipinski definition) is 2. The molecule has 1 saturated heterocycles. The van der Waals surface area contributed by atoms with Gasteiger partial charge in [0, 0.05) is 16.6 Å². The first-order valence-electron chi connectivity index (χ1n) is 7.39. The summed E-state index contributed by atoms with van der Waals surface area (Å²) in [5, 5.41) is 0. The fraction of sp³-hybridized carbons (Fsp3) is 0.867. The molecule has 0 N–H and O–H groups in total. The second-order valence-corrected chi connectivity index (χ2v) is 8.04. The average molecular weight is 270 g/mol. The lowest BCUT2D eigenvalue weighted by Gasteiger charge is -2.30. The van der Waals surface area contributed by atoms with E-state index in [9.17, 15) is 4.21 Å². The van der Waals surface area contributed by atoms with E-state index in [4.69, 9.17) is 4.74 Å². The highest BCUT2D eigenvalue weighted by atomic mass is 32.2. The first-order valence-corrected chi connectivity index (χ1v) is 8.71. The Morgan fingerprint density at radius 3 is 2.67 bits per heavy atom. The summed E-state index contributed by atoms with van der Waals surface area (Å²) >= 11 is 0. The summed E-state index contributed by atoms with van der Waals surface area (Å²) in [4.78, 5) is 0. The van der Waals surface area contributed by atoms with Crippen molar-refractivity contribution in [1.82, 2.24) is 0 Å². The van der Waals surface area contributed by atoms with Gasteiger partial charge in [0.1, 0.15) is 6.61 Å². The molecule has 18 heavy (non-hydrogen) atoms. The van der Waals surface area contributed by atoms with Crippen LogP contribution in [0.3, 0.4) is 0 Å². The fourth-order valence-corrected chi connectivity index (χ4v) is 4.40. The lowest BCUT2D eigenvalue weighted by molar-refractivity contribution is 0.205. The summed E-state index contributed by atoms with van der Waals surface area (Å²) in [6, 6.07) is 0. The Morgan fingerprint density at radius 2 is 1.89 bits per heavy atom. The summed E-state index contributed by atoms with van der Waals surface area (Å²) in [7, 11) is -0.729. The molecule has 104 valence electrons. The van der Waals surface area contributed by atoms with Gasteiger partial charge in [-0.1, -0.05) is 19.3 Å². The van der Waals surface area contributed by atoms with Crippen LogP contribution in [0.5, 0.6) is 0 Å². The molecule has 1 aliphatic heterocycles. The molecule has 2 atom stereocenters. The van der Waals surface area contributed by atoms with Gasteiger partial charge in [-0.15, -0.1) is 0 Å². The number of ether oxygens (including phenoxy) is 1. The molecule has 2 unspecified atom stereocenters. The fourth-order valence-electron chi connectivity index (χ4n) is 2.87. The largest absolute Gasteiger partial charge is 0.500 e. The minimum atomic E-state index is -0.729. The molecular weight excluding hydrogens is 244 g/mol. The van der Waals surface area contributed by atoms with Crippen LogP contribution in [0, 0.1) is 0 Å². The molecular formula is C15H26O2S. The average Bonchev–Trinajstić information content (AvgIpc) is 2.84. The van der Waals surface area contributed by atoms with E-state index in [-0.39, 0.29) is 4.75 Å². The summed E-state index contributed by atoms with van der Waals surface area (Å²) < 4.78 is 18.0. The lowest BCUT2D eigenvalue weighted by atomic mass is 10.0. The molecule has 0 aromatic carbocycles. The second kappa shape index (κ2) is 6.74. The number of allylic oxidation sites excluding steroid dienone is 1. The minimum Gasteiger partial charge on any atom is -0.500 e. The molecule has 2 nitrogen and oxygen atoms in total. The highest BCUT2D eigenvalue weighted by Gasteiger charge is 2.32. The molecule has 3 heteroatoms. The van der Waals surface area contributed by atoms with Crippen LogP contribution in [0.1, 0.15) is 64.7 Å². The number of rotatable bonds is 3. The Balaban J connectivity index is 1.87. The molecule has 0 amide bonds. The quantitative estimate of drug-likeness (QED) is 0.726. The third kappa shape index (κ3) is 3.84. The smallest absolute Gasteiger partial charge is 0.104 e. The molecule has 0 aromatic rings. The van der Waals surface area contributed by atoms with Gasteiger partial charge in [0.2, 0.25) is 0 Å². The molecule has 1 heterocycles.